The summed E-state index contributed by atoms with van der Waals surface area (Å²) in [5, 5.41) is 2.83. The van der Waals surface area contributed by atoms with E-state index < -0.39 is 10.0 Å². The van der Waals surface area contributed by atoms with Crippen LogP contribution in [0.1, 0.15) is 15.9 Å². The fraction of sp³-hybridized carbons (Fsp3) is 0.208. The van der Waals surface area contributed by atoms with Crippen LogP contribution in [0.3, 0.4) is 0 Å². The molecular formula is C24H27N3O3S. The van der Waals surface area contributed by atoms with Crippen molar-refractivity contribution in [3.05, 3.63) is 90.0 Å². The number of likely N-dealkylation sites (N-methyl/N-ethyl adjacent to an activating group) is 1. The van der Waals surface area contributed by atoms with E-state index in [2.05, 4.69) is 10.2 Å². The third-order valence-corrected chi connectivity index (χ3v) is 6.72. The number of benzene rings is 3. The zero-order valence-electron chi connectivity index (χ0n) is 17.9. The van der Waals surface area contributed by atoms with Gasteiger partial charge in [0.05, 0.1) is 10.6 Å². The smallest absolute Gasteiger partial charge is 0.264 e. The van der Waals surface area contributed by atoms with E-state index in [1.165, 1.54) is 29.0 Å². The van der Waals surface area contributed by atoms with Crippen molar-refractivity contribution < 1.29 is 13.2 Å². The molecule has 0 aliphatic carbocycles. The molecule has 1 amide bonds. The minimum absolute atomic E-state index is 0.0607. The van der Waals surface area contributed by atoms with Gasteiger partial charge in [-0.1, -0.05) is 36.4 Å². The van der Waals surface area contributed by atoms with Crippen molar-refractivity contribution in [3.63, 3.8) is 0 Å². The summed E-state index contributed by atoms with van der Waals surface area (Å²) in [6.07, 6.45) is 0.927. The fourth-order valence-electron chi connectivity index (χ4n) is 3.04. The first kappa shape index (κ1) is 22.5. The summed E-state index contributed by atoms with van der Waals surface area (Å²) in [6.45, 7) is 0.949. The minimum Gasteiger partial charge on any atom is -0.322 e. The van der Waals surface area contributed by atoms with Crippen LogP contribution in [0.4, 0.5) is 11.4 Å². The van der Waals surface area contributed by atoms with Gasteiger partial charge in [-0.25, -0.2) is 8.42 Å². The van der Waals surface area contributed by atoms with Gasteiger partial charge in [0.15, 0.2) is 0 Å². The number of sulfonamides is 1. The van der Waals surface area contributed by atoms with Gasteiger partial charge in [0.2, 0.25) is 0 Å². The molecule has 3 aromatic carbocycles. The molecule has 0 unspecified atom stereocenters. The Bertz CT molecular complexity index is 1130. The Hall–Kier alpha value is -3.16. The summed E-state index contributed by atoms with van der Waals surface area (Å²) in [5.41, 5.74) is 2.67. The monoisotopic (exact) mass is 437 g/mol. The molecule has 0 fully saturated rings. The number of carbonyl (C=O) groups excluding carboxylic acids is 1. The normalized spacial score (nSPS) is 11.4. The van der Waals surface area contributed by atoms with Crippen molar-refractivity contribution >= 4 is 27.3 Å². The van der Waals surface area contributed by atoms with E-state index in [9.17, 15) is 13.2 Å². The van der Waals surface area contributed by atoms with Crippen LogP contribution < -0.4 is 9.62 Å². The molecule has 0 bridgehead atoms. The predicted octanol–water partition coefficient (Wildman–Crippen LogP) is 3.87. The van der Waals surface area contributed by atoms with Gasteiger partial charge in [0.1, 0.15) is 0 Å². The lowest BCUT2D eigenvalue weighted by Gasteiger charge is -2.19. The van der Waals surface area contributed by atoms with Crippen molar-refractivity contribution in [2.45, 2.75) is 11.3 Å². The van der Waals surface area contributed by atoms with Gasteiger partial charge in [-0.05, 0) is 68.5 Å². The molecule has 0 heterocycles. The molecule has 0 radical (unpaired) electrons. The molecule has 0 saturated heterocycles. The molecule has 0 saturated carbocycles. The van der Waals surface area contributed by atoms with Gasteiger partial charge in [0.25, 0.3) is 15.9 Å². The van der Waals surface area contributed by atoms with Crippen molar-refractivity contribution in [3.8, 4) is 0 Å². The van der Waals surface area contributed by atoms with Gasteiger partial charge < -0.3 is 10.2 Å². The van der Waals surface area contributed by atoms with E-state index in [0.717, 1.165) is 13.0 Å². The number of carbonyl (C=O) groups is 1. The van der Waals surface area contributed by atoms with Crippen LogP contribution in [-0.4, -0.2) is 46.9 Å². The molecule has 0 aromatic heterocycles. The topological polar surface area (TPSA) is 69.7 Å². The molecule has 0 spiro atoms. The number of para-hydroxylation sites is 1. The Morgan fingerprint density at radius 1 is 0.871 bits per heavy atom. The molecule has 3 rings (SSSR count). The molecule has 7 heteroatoms. The summed E-state index contributed by atoms with van der Waals surface area (Å²) in [7, 11) is 1.76. The maximum atomic E-state index is 13.0. The van der Waals surface area contributed by atoms with Crippen LogP contribution in [-0.2, 0) is 16.4 Å². The third kappa shape index (κ3) is 5.71. The SMILES string of the molecule is CN(C)CCc1ccc(NC(=O)c2cccc(S(=O)(=O)N(C)c3ccccc3)c2)cc1. The lowest BCUT2D eigenvalue weighted by atomic mass is 10.1. The molecule has 1 N–H and O–H groups in total. The van der Waals surface area contributed by atoms with E-state index in [1.807, 2.05) is 44.4 Å². The number of nitrogens with zero attached hydrogens (tertiary/aromatic N) is 2. The molecule has 31 heavy (non-hydrogen) atoms. The average Bonchev–Trinajstić information content (AvgIpc) is 2.78. The number of anilines is 2. The van der Waals surface area contributed by atoms with Crippen LogP contribution in [0.25, 0.3) is 0 Å². The minimum atomic E-state index is -3.79. The molecule has 0 atom stereocenters. The lowest BCUT2D eigenvalue weighted by molar-refractivity contribution is 0.102. The predicted molar refractivity (Wildman–Crippen MR) is 125 cm³/mol. The highest BCUT2D eigenvalue weighted by Crippen LogP contribution is 2.22. The van der Waals surface area contributed by atoms with E-state index in [1.54, 1.807) is 36.4 Å². The van der Waals surface area contributed by atoms with E-state index in [0.29, 0.717) is 11.4 Å². The second-order valence-corrected chi connectivity index (χ2v) is 9.51. The lowest BCUT2D eigenvalue weighted by Crippen LogP contribution is -2.26. The number of hydrogen-bond donors (Lipinski definition) is 1. The van der Waals surface area contributed by atoms with Crippen LogP contribution in [0, 0.1) is 0 Å². The van der Waals surface area contributed by atoms with Crippen LogP contribution in [0.2, 0.25) is 0 Å². The summed E-state index contributed by atoms with van der Waals surface area (Å²) >= 11 is 0. The maximum Gasteiger partial charge on any atom is 0.264 e. The zero-order valence-corrected chi connectivity index (χ0v) is 18.8. The molecular weight excluding hydrogens is 410 g/mol. The summed E-state index contributed by atoms with van der Waals surface area (Å²) in [6, 6.07) is 22.5. The van der Waals surface area contributed by atoms with Crippen molar-refractivity contribution in [1.29, 1.82) is 0 Å². The fourth-order valence-corrected chi connectivity index (χ4v) is 4.29. The summed E-state index contributed by atoms with van der Waals surface area (Å²) < 4.78 is 27.2. The van der Waals surface area contributed by atoms with E-state index in [-0.39, 0.29) is 16.4 Å². The summed E-state index contributed by atoms with van der Waals surface area (Å²) in [4.78, 5) is 14.9. The van der Waals surface area contributed by atoms with Crippen LogP contribution in [0.15, 0.2) is 83.8 Å². The van der Waals surface area contributed by atoms with Crippen LogP contribution >= 0.6 is 0 Å². The highest BCUT2D eigenvalue weighted by Gasteiger charge is 2.22. The zero-order chi connectivity index (χ0) is 22.4. The van der Waals surface area contributed by atoms with Gasteiger partial charge >= 0.3 is 0 Å². The molecule has 162 valence electrons. The maximum absolute atomic E-state index is 13.0. The van der Waals surface area contributed by atoms with Gasteiger partial charge in [-0.15, -0.1) is 0 Å². The largest absolute Gasteiger partial charge is 0.322 e. The van der Waals surface area contributed by atoms with Gasteiger partial charge in [0, 0.05) is 24.8 Å². The Morgan fingerprint density at radius 2 is 1.55 bits per heavy atom. The molecule has 3 aromatic rings. The highest BCUT2D eigenvalue weighted by atomic mass is 32.2. The second-order valence-electron chi connectivity index (χ2n) is 7.54. The first-order chi connectivity index (χ1) is 14.8. The molecule has 0 aliphatic rings. The first-order valence-corrected chi connectivity index (χ1v) is 11.4. The number of hydrogen-bond acceptors (Lipinski definition) is 4. The molecule has 6 nitrogen and oxygen atoms in total. The third-order valence-electron chi connectivity index (χ3n) is 4.93. The standard InChI is InChI=1S/C24H27N3O3S/c1-26(2)17-16-19-12-14-21(15-13-19)25-24(28)20-8-7-11-23(18-20)31(29,30)27(3)22-9-5-4-6-10-22/h4-15,18H,16-17H2,1-3H3,(H,25,28). The van der Waals surface area contributed by atoms with Crippen molar-refractivity contribution in [2.24, 2.45) is 0 Å². The average molecular weight is 438 g/mol. The van der Waals surface area contributed by atoms with Crippen molar-refractivity contribution in [2.75, 3.05) is 37.3 Å². The second kappa shape index (κ2) is 9.76. The number of amides is 1. The Morgan fingerprint density at radius 3 is 2.19 bits per heavy atom. The highest BCUT2D eigenvalue weighted by molar-refractivity contribution is 7.92. The number of nitrogens with one attached hydrogen (secondary N) is 1. The van der Waals surface area contributed by atoms with Gasteiger partial charge in [-0.2, -0.15) is 0 Å². The van der Waals surface area contributed by atoms with Crippen LogP contribution in [0.5, 0.6) is 0 Å². The van der Waals surface area contributed by atoms with E-state index >= 15 is 0 Å². The Balaban J connectivity index is 1.74. The Labute approximate surface area is 184 Å². The Kier molecular flexibility index (Phi) is 7.09. The van der Waals surface area contributed by atoms with E-state index in [4.69, 9.17) is 0 Å². The van der Waals surface area contributed by atoms with Gasteiger partial charge in [-0.3, -0.25) is 9.10 Å². The first-order valence-electron chi connectivity index (χ1n) is 9.96. The number of rotatable bonds is 8. The summed E-state index contributed by atoms with van der Waals surface area (Å²) in [5.74, 6) is -0.361. The quantitative estimate of drug-likeness (QED) is 0.581. The molecule has 0 aliphatic heterocycles. The van der Waals surface area contributed by atoms with Crippen molar-refractivity contribution in [1.82, 2.24) is 4.90 Å².